The monoisotopic (exact) mass is 426 g/mol. The molecule has 0 spiro atoms. The zero-order valence-corrected chi connectivity index (χ0v) is 20.4. The molecule has 2 N–H and O–H groups in total. The third-order valence-electron chi connectivity index (χ3n) is 9.96. The van der Waals surface area contributed by atoms with Crippen LogP contribution in [0, 0.1) is 35.0 Å². The van der Waals surface area contributed by atoms with Gasteiger partial charge in [-0.1, -0.05) is 56.2 Å². The lowest BCUT2D eigenvalue weighted by atomic mass is 9.61. The highest BCUT2D eigenvalue weighted by Crippen LogP contribution is 2.59. The zero-order chi connectivity index (χ0) is 22.2. The maximum absolute atomic E-state index is 10.6. The molecule has 3 unspecified atom stereocenters. The van der Waals surface area contributed by atoms with Crippen LogP contribution in [-0.4, -0.2) is 21.9 Å². The molecule has 4 aliphatic carbocycles. The van der Waals surface area contributed by atoms with Crippen molar-refractivity contribution in [1.29, 1.82) is 0 Å². The van der Waals surface area contributed by atoms with E-state index in [0.29, 0.717) is 23.2 Å². The van der Waals surface area contributed by atoms with Crippen molar-refractivity contribution in [3.05, 3.63) is 35.5 Å². The SMILES string of the molecule is CC1/C(=C\C=C2/CCC[C@@]3(C)C2CC[C@@H]3[C@H](C)/C=C/C2CCC[C@@]2(C)O)CCC[C@@H]1O. The van der Waals surface area contributed by atoms with E-state index in [1.54, 1.807) is 5.57 Å². The summed E-state index contributed by atoms with van der Waals surface area (Å²) >= 11 is 0. The Labute approximate surface area is 190 Å². The first-order chi connectivity index (χ1) is 14.7. The van der Waals surface area contributed by atoms with Crippen LogP contribution in [0.4, 0.5) is 0 Å². The van der Waals surface area contributed by atoms with E-state index in [1.807, 2.05) is 6.92 Å². The van der Waals surface area contributed by atoms with Crippen LogP contribution < -0.4 is 0 Å². The molecule has 2 nitrogen and oxygen atoms in total. The quantitative estimate of drug-likeness (QED) is 0.476. The Balaban J connectivity index is 1.47. The lowest BCUT2D eigenvalue weighted by Gasteiger charge is -2.44. The predicted octanol–water partition coefficient (Wildman–Crippen LogP) is 6.98. The van der Waals surface area contributed by atoms with Gasteiger partial charge in [0.2, 0.25) is 0 Å². The highest BCUT2D eigenvalue weighted by atomic mass is 16.3. The molecule has 0 aromatic carbocycles. The molecule has 4 saturated carbocycles. The largest absolute Gasteiger partial charge is 0.393 e. The average molecular weight is 427 g/mol. The summed E-state index contributed by atoms with van der Waals surface area (Å²) in [5.41, 5.74) is 3.03. The Hall–Kier alpha value is -0.860. The van der Waals surface area contributed by atoms with Gasteiger partial charge in [0.25, 0.3) is 0 Å². The molecule has 0 aromatic heterocycles. The second-order valence-corrected chi connectivity index (χ2v) is 11.9. The summed E-state index contributed by atoms with van der Waals surface area (Å²) in [5.74, 6) is 2.69. The molecule has 4 aliphatic rings. The Bertz CT molecular complexity index is 729. The molecule has 0 radical (unpaired) electrons. The van der Waals surface area contributed by atoms with Crippen LogP contribution >= 0.6 is 0 Å². The number of hydrogen-bond donors (Lipinski definition) is 2. The second-order valence-electron chi connectivity index (χ2n) is 11.9. The Morgan fingerprint density at radius 2 is 1.68 bits per heavy atom. The van der Waals surface area contributed by atoms with Gasteiger partial charge in [0, 0.05) is 11.8 Å². The van der Waals surface area contributed by atoms with Gasteiger partial charge >= 0.3 is 0 Å². The molecule has 0 heterocycles. The van der Waals surface area contributed by atoms with Crippen LogP contribution in [0.2, 0.25) is 0 Å². The van der Waals surface area contributed by atoms with E-state index in [-0.39, 0.29) is 6.10 Å². The number of aliphatic hydroxyl groups is 2. The van der Waals surface area contributed by atoms with Crippen molar-refractivity contribution in [2.24, 2.45) is 35.0 Å². The van der Waals surface area contributed by atoms with E-state index in [0.717, 1.165) is 50.4 Å². The fourth-order valence-corrected chi connectivity index (χ4v) is 7.76. The van der Waals surface area contributed by atoms with Crippen molar-refractivity contribution in [1.82, 2.24) is 0 Å². The Morgan fingerprint density at radius 3 is 2.42 bits per heavy atom. The molecule has 0 saturated heterocycles. The first-order valence-electron chi connectivity index (χ1n) is 13.2. The fourth-order valence-electron chi connectivity index (χ4n) is 7.76. The number of allylic oxidation sites excluding steroid dienone is 4. The number of aliphatic hydroxyl groups excluding tert-OH is 1. The normalized spacial score (nSPS) is 47.4. The molecule has 0 aromatic rings. The second kappa shape index (κ2) is 9.18. The number of rotatable bonds is 4. The van der Waals surface area contributed by atoms with Crippen molar-refractivity contribution in [2.75, 3.05) is 0 Å². The average Bonchev–Trinajstić information content (AvgIpc) is 3.25. The van der Waals surface area contributed by atoms with Gasteiger partial charge in [0.05, 0.1) is 11.7 Å². The van der Waals surface area contributed by atoms with Gasteiger partial charge in [-0.2, -0.15) is 0 Å². The smallest absolute Gasteiger partial charge is 0.0682 e. The molecule has 8 atom stereocenters. The molecule has 0 amide bonds. The van der Waals surface area contributed by atoms with E-state index in [4.69, 9.17) is 0 Å². The topological polar surface area (TPSA) is 40.5 Å². The molecule has 0 bridgehead atoms. The van der Waals surface area contributed by atoms with Gasteiger partial charge in [0.1, 0.15) is 0 Å². The van der Waals surface area contributed by atoms with Gasteiger partial charge in [-0.15, -0.1) is 0 Å². The fraction of sp³-hybridized carbons (Fsp3) is 0.793. The van der Waals surface area contributed by atoms with Gasteiger partial charge < -0.3 is 10.2 Å². The van der Waals surface area contributed by atoms with E-state index in [9.17, 15) is 10.2 Å². The number of hydrogen-bond acceptors (Lipinski definition) is 2. The molecule has 4 fully saturated rings. The highest BCUT2D eigenvalue weighted by molar-refractivity contribution is 5.27. The van der Waals surface area contributed by atoms with Crippen molar-refractivity contribution < 1.29 is 10.2 Å². The van der Waals surface area contributed by atoms with E-state index < -0.39 is 5.60 Å². The summed E-state index contributed by atoms with van der Waals surface area (Å²) in [6.07, 6.45) is 22.5. The van der Waals surface area contributed by atoms with E-state index in [1.165, 1.54) is 37.7 Å². The molecule has 2 heteroatoms. The molecule has 31 heavy (non-hydrogen) atoms. The van der Waals surface area contributed by atoms with Crippen molar-refractivity contribution >= 4 is 0 Å². The first kappa shape index (κ1) is 23.3. The van der Waals surface area contributed by atoms with Gasteiger partial charge in [-0.3, -0.25) is 0 Å². The summed E-state index contributed by atoms with van der Waals surface area (Å²) in [4.78, 5) is 0. The van der Waals surface area contributed by atoms with Crippen molar-refractivity contribution in [2.45, 2.75) is 110 Å². The maximum atomic E-state index is 10.6. The molecule has 4 rings (SSSR count). The van der Waals surface area contributed by atoms with E-state index >= 15 is 0 Å². The third-order valence-corrected chi connectivity index (χ3v) is 9.96. The summed E-state index contributed by atoms with van der Waals surface area (Å²) < 4.78 is 0. The van der Waals surface area contributed by atoms with Crippen molar-refractivity contribution in [3.8, 4) is 0 Å². The van der Waals surface area contributed by atoms with Crippen LogP contribution in [0.5, 0.6) is 0 Å². The summed E-state index contributed by atoms with van der Waals surface area (Å²) in [7, 11) is 0. The van der Waals surface area contributed by atoms with Crippen LogP contribution in [-0.2, 0) is 0 Å². The molecular formula is C29H46O2. The minimum absolute atomic E-state index is 0.154. The van der Waals surface area contributed by atoms with Gasteiger partial charge in [0.15, 0.2) is 0 Å². The summed E-state index contributed by atoms with van der Waals surface area (Å²) in [6.45, 7) is 9.20. The first-order valence-corrected chi connectivity index (χ1v) is 13.2. The highest BCUT2D eigenvalue weighted by Gasteiger charge is 2.50. The maximum Gasteiger partial charge on any atom is 0.0682 e. The Morgan fingerprint density at radius 1 is 0.935 bits per heavy atom. The predicted molar refractivity (Wildman–Crippen MR) is 130 cm³/mol. The molecule has 174 valence electrons. The van der Waals surface area contributed by atoms with Crippen LogP contribution in [0.15, 0.2) is 35.5 Å². The van der Waals surface area contributed by atoms with E-state index in [2.05, 4.69) is 45.1 Å². The summed E-state index contributed by atoms with van der Waals surface area (Å²) in [6, 6.07) is 0. The lowest BCUT2D eigenvalue weighted by Crippen LogP contribution is -2.35. The Kier molecular flexibility index (Phi) is 6.90. The van der Waals surface area contributed by atoms with Crippen molar-refractivity contribution in [3.63, 3.8) is 0 Å². The van der Waals surface area contributed by atoms with Crippen LogP contribution in [0.3, 0.4) is 0 Å². The lowest BCUT2D eigenvalue weighted by molar-refractivity contribution is 0.0385. The minimum Gasteiger partial charge on any atom is -0.393 e. The van der Waals surface area contributed by atoms with Gasteiger partial charge in [-0.05, 0) is 101 Å². The number of fused-ring (bicyclic) bond motifs is 1. The minimum atomic E-state index is -0.504. The molecule has 0 aliphatic heterocycles. The standard InChI is InChI=1S/C29H46O2/c1-20(12-15-24-10-7-19-29(24,4)31)25-16-17-26-23(9-6-18-28(25,26)3)14-13-22-8-5-11-27(30)21(22)2/h12-15,20-21,24-27,30-31H,5-11,16-19H2,1-4H3/b15-12+,22-13-,23-14+/t20-,21?,24?,25-,26?,27+,28-,29-/m1/s1. The third kappa shape index (κ3) is 4.62. The van der Waals surface area contributed by atoms with Gasteiger partial charge in [-0.25, -0.2) is 0 Å². The molecular weight excluding hydrogens is 380 g/mol. The summed E-state index contributed by atoms with van der Waals surface area (Å²) in [5, 5.41) is 20.9. The van der Waals surface area contributed by atoms with Crippen LogP contribution in [0.1, 0.15) is 98.3 Å². The van der Waals surface area contributed by atoms with Crippen LogP contribution in [0.25, 0.3) is 0 Å². The zero-order valence-electron chi connectivity index (χ0n) is 20.4.